The molecule has 0 unspecified atom stereocenters. The van der Waals surface area contributed by atoms with Crippen molar-refractivity contribution >= 4 is 34.8 Å². The van der Waals surface area contributed by atoms with Gasteiger partial charge in [-0.2, -0.15) is 13.2 Å². The zero-order valence-corrected chi connectivity index (χ0v) is 14.3. The van der Waals surface area contributed by atoms with Crippen molar-refractivity contribution in [2.75, 3.05) is 10.6 Å². The van der Waals surface area contributed by atoms with E-state index in [-0.39, 0.29) is 17.2 Å². The second-order valence-corrected chi connectivity index (χ2v) is 5.86. The van der Waals surface area contributed by atoms with Crippen molar-refractivity contribution in [3.05, 3.63) is 77.1 Å². The first-order valence-corrected chi connectivity index (χ1v) is 8.03. The average Bonchev–Trinajstić information content (AvgIpc) is 2.63. The topological polar surface area (TPSA) is 66.9 Å². The van der Waals surface area contributed by atoms with E-state index in [0.29, 0.717) is 10.8 Å². The standard InChI is InChI=1S/C18H12ClF3N4O/c19-12-7-8-15(23-10-12)26-17(27)14-5-2-6-16(25-14)24-13-4-1-3-11(9-13)18(20,21)22/h1-10H,(H,24,25)(H,23,26,27). The van der Waals surface area contributed by atoms with E-state index in [9.17, 15) is 18.0 Å². The highest BCUT2D eigenvalue weighted by molar-refractivity contribution is 6.30. The minimum Gasteiger partial charge on any atom is -0.340 e. The third kappa shape index (κ3) is 4.95. The van der Waals surface area contributed by atoms with Gasteiger partial charge in [0.2, 0.25) is 0 Å². The lowest BCUT2D eigenvalue weighted by atomic mass is 10.2. The average molecular weight is 393 g/mol. The summed E-state index contributed by atoms with van der Waals surface area (Å²) in [6.07, 6.45) is -3.06. The lowest BCUT2D eigenvalue weighted by molar-refractivity contribution is -0.137. The monoisotopic (exact) mass is 392 g/mol. The van der Waals surface area contributed by atoms with E-state index in [0.717, 1.165) is 12.1 Å². The fraction of sp³-hybridized carbons (Fsp3) is 0.0556. The molecule has 0 atom stereocenters. The van der Waals surface area contributed by atoms with Crippen LogP contribution >= 0.6 is 11.6 Å². The van der Waals surface area contributed by atoms with Crippen LogP contribution < -0.4 is 10.6 Å². The number of pyridine rings is 2. The van der Waals surface area contributed by atoms with Gasteiger partial charge < -0.3 is 10.6 Å². The van der Waals surface area contributed by atoms with Crippen LogP contribution in [0.5, 0.6) is 0 Å². The number of amides is 1. The molecule has 27 heavy (non-hydrogen) atoms. The summed E-state index contributed by atoms with van der Waals surface area (Å²) in [5.74, 6) is 0.00555. The number of carbonyl (C=O) groups excluding carboxylic acids is 1. The van der Waals surface area contributed by atoms with Crippen LogP contribution in [-0.2, 0) is 6.18 Å². The number of nitrogens with zero attached hydrogens (tertiary/aromatic N) is 2. The number of rotatable bonds is 4. The Morgan fingerprint density at radius 3 is 2.48 bits per heavy atom. The molecule has 138 valence electrons. The third-order valence-corrected chi connectivity index (χ3v) is 3.64. The Kier molecular flexibility index (Phi) is 5.27. The van der Waals surface area contributed by atoms with Crippen LogP contribution in [0, 0.1) is 0 Å². The van der Waals surface area contributed by atoms with Gasteiger partial charge >= 0.3 is 6.18 Å². The highest BCUT2D eigenvalue weighted by atomic mass is 35.5. The van der Waals surface area contributed by atoms with Crippen LogP contribution in [0.4, 0.5) is 30.5 Å². The first-order valence-electron chi connectivity index (χ1n) is 7.65. The number of anilines is 3. The molecular weight excluding hydrogens is 381 g/mol. The number of alkyl halides is 3. The van der Waals surface area contributed by atoms with E-state index >= 15 is 0 Å². The number of benzene rings is 1. The maximum Gasteiger partial charge on any atom is 0.416 e. The first kappa shape index (κ1) is 18.7. The molecule has 3 rings (SSSR count). The number of hydrogen-bond donors (Lipinski definition) is 2. The van der Waals surface area contributed by atoms with Gasteiger partial charge in [0, 0.05) is 11.9 Å². The number of hydrogen-bond acceptors (Lipinski definition) is 4. The molecule has 0 aliphatic rings. The molecule has 0 aliphatic heterocycles. The number of aromatic nitrogens is 2. The summed E-state index contributed by atoms with van der Waals surface area (Å²) >= 11 is 5.74. The number of nitrogens with one attached hydrogen (secondary N) is 2. The van der Waals surface area contributed by atoms with Gasteiger partial charge in [-0.3, -0.25) is 4.79 Å². The van der Waals surface area contributed by atoms with E-state index < -0.39 is 17.6 Å². The molecule has 9 heteroatoms. The van der Waals surface area contributed by atoms with Crippen LogP contribution in [0.3, 0.4) is 0 Å². The Bertz CT molecular complexity index is 961. The lowest BCUT2D eigenvalue weighted by Gasteiger charge is -2.11. The van der Waals surface area contributed by atoms with Gasteiger partial charge in [-0.25, -0.2) is 9.97 Å². The molecule has 3 aromatic rings. The minimum absolute atomic E-state index is 0.0729. The fourth-order valence-electron chi connectivity index (χ4n) is 2.18. The molecule has 5 nitrogen and oxygen atoms in total. The van der Waals surface area contributed by atoms with E-state index in [1.165, 1.54) is 36.5 Å². The summed E-state index contributed by atoms with van der Waals surface area (Å²) in [5.41, 5.74) is -0.506. The van der Waals surface area contributed by atoms with Gasteiger partial charge in [0.25, 0.3) is 5.91 Å². The minimum atomic E-state index is -4.45. The van der Waals surface area contributed by atoms with E-state index in [4.69, 9.17) is 11.6 Å². The molecule has 0 aliphatic carbocycles. The van der Waals surface area contributed by atoms with Crippen LogP contribution in [0.1, 0.15) is 16.1 Å². The Morgan fingerprint density at radius 1 is 1.00 bits per heavy atom. The fourth-order valence-corrected chi connectivity index (χ4v) is 2.29. The Morgan fingerprint density at radius 2 is 1.78 bits per heavy atom. The van der Waals surface area contributed by atoms with Crippen molar-refractivity contribution in [2.45, 2.75) is 6.18 Å². The Hall–Kier alpha value is -3.13. The summed E-state index contributed by atoms with van der Waals surface area (Å²) in [5, 5.41) is 5.75. The van der Waals surface area contributed by atoms with Gasteiger partial charge in [-0.15, -0.1) is 0 Å². The number of halogens is 4. The zero-order chi connectivity index (χ0) is 19.4. The van der Waals surface area contributed by atoms with Crippen LogP contribution in [0.25, 0.3) is 0 Å². The summed E-state index contributed by atoms with van der Waals surface area (Å²) in [4.78, 5) is 20.3. The summed E-state index contributed by atoms with van der Waals surface area (Å²) in [6.45, 7) is 0. The van der Waals surface area contributed by atoms with Crippen molar-refractivity contribution in [1.29, 1.82) is 0 Å². The van der Waals surface area contributed by atoms with Crippen molar-refractivity contribution in [2.24, 2.45) is 0 Å². The van der Waals surface area contributed by atoms with Gasteiger partial charge in [0.15, 0.2) is 0 Å². The smallest absolute Gasteiger partial charge is 0.340 e. The predicted molar refractivity (Wildman–Crippen MR) is 96.2 cm³/mol. The zero-order valence-electron chi connectivity index (χ0n) is 13.6. The molecule has 0 saturated carbocycles. The molecule has 1 aromatic carbocycles. The Balaban J connectivity index is 1.75. The molecule has 0 fully saturated rings. The maximum absolute atomic E-state index is 12.8. The number of carbonyl (C=O) groups is 1. The van der Waals surface area contributed by atoms with Gasteiger partial charge in [-0.05, 0) is 42.5 Å². The van der Waals surface area contributed by atoms with E-state index in [1.54, 1.807) is 12.1 Å². The van der Waals surface area contributed by atoms with Crippen LogP contribution in [0.2, 0.25) is 5.02 Å². The highest BCUT2D eigenvalue weighted by Crippen LogP contribution is 2.31. The first-order chi connectivity index (χ1) is 12.8. The van der Waals surface area contributed by atoms with Crippen molar-refractivity contribution in [3.63, 3.8) is 0 Å². The second-order valence-electron chi connectivity index (χ2n) is 5.43. The molecule has 0 radical (unpaired) electrons. The Labute approximate surface area is 157 Å². The molecule has 2 heterocycles. The lowest BCUT2D eigenvalue weighted by Crippen LogP contribution is -2.15. The molecule has 0 saturated heterocycles. The molecule has 2 aromatic heterocycles. The highest BCUT2D eigenvalue weighted by Gasteiger charge is 2.30. The largest absolute Gasteiger partial charge is 0.416 e. The van der Waals surface area contributed by atoms with Crippen molar-refractivity contribution in [3.8, 4) is 0 Å². The summed E-state index contributed by atoms with van der Waals surface area (Å²) in [6, 6.07) is 12.4. The van der Waals surface area contributed by atoms with Gasteiger partial charge in [0.1, 0.15) is 17.3 Å². The maximum atomic E-state index is 12.8. The third-order valence-electron chi connectivity index (χ3n) is 3.41. The summed E-state index contributed by atoms with van der Waals surface area (Å²) < 4.78 is 38.4. The molecule has 0 spiro atoms. The van der Waals surface area contributed by atoms with Gasteiger partial charge in [0.05, 0.1) is 10.6 Å². The molecule has 0 bridgehead atoms. The predicted octanol–water partition coefficient (Wildman–Crippen LogP) is 5.14. The summed E-state index contributed by atoms with van der Waals surface area (Å²) in [7, 11) is 0. The quantitative estimate of drug-likeness (QED) is 0.644. The van der Waals surface area contributed by atoms with Crippen LogP contribution in [0.15, 0.2) is 60.8 Å². The molecular formula is C18H12ClF3N4O. The van der Waals surface area contributed by atoms with Crippen LogP contribution in [-0.4, -0.2) is 15.9 Å². The van der Waals surface area contributed by atoms with E-state index in [1.807, 2.05) is 0 Å². The van der Waals surface area contributed by atoms with Crippen molar-refractivity contribution < 1.29 is 18.0 Å². The molecule has 2 N–H and O–H groups in total. The SMILES string of the molecule is O=C(Nc1ccc(Cl)cn1)c1cccc(Nc2cccc(C(F)(F)F)c2)n1. The van der Waals surface area contributed by atoms with Gasteiger partial charge in [-0.1, -0.05) is 23.7 Å². The normalized spacial score (nSPS) is 11.1. The van der Waals surface area contributed by atoms with E-state index in [2.05, 4.69) is 20.6 Å². The molecule has 1 amide bonds. The second kappa shape index (κ2) is 7.63. The van der Waals surface area contributed by atoms with Crippen molar-refractivity contribution in [1.82, 2.24) is 9.97 Å².